The van der Waals surface area contributed by atoms with Crippen LogP contribution in [-0.4, -0.2) is 40.2 Å². The molecule has 0 saturated heterocycles. The topological polar surface area (TPSA) is 100 Å². The molecule has 0 aromatic carbocycles. The maximum Gasteiger partial charge on any atom is 0.422 e. The SMILES string of the molecule is CC(=O)N(O)C(=O)Cc1csc(N(C)C(=O)Oc2ccc(Br)s2)n1. The highest BCUT2D eigenvalue weighted by atomic mass is 79.9. The molecular weight excluding hydrogens is 422 g/mol. The quantitative estimate of drug-likeness (QED) is 0.587. The zero-order valence-corrected chi connectivity index (χ0v) is 15.8. The first-order valence-corrected chi connectivity index (χ1v) is 8.94. The Morgan fingerprint density at radius 3 is 2.67 bits per heavy atom. The van der Waals surface area contributed by atoms with Crippen molar-refractivity contribution >= 4 is 61.6 Å². The molecule has 2 rings (SSSR count). The number of hydrogen-bond acceptors (Lipinski definition) is 8. The molecular formula is C13H12BrN3O5S2. The summed E-state index contributed by atoms with van der Waals surface area (Å²) in [4.78, 5) is 39.9. The number of amides is 3. The van der Waals surface area contributed by atoms with Crippen molar-refractivity contribution in [2.75, 3.05) is 11.9 Å². The van der Waals surface area contributed by atoms with Gasteiger partial charge in [0.15, 0.2) is 10.2 Å². The van der Waals surface area contributed by atoms with E-state index < -0.39 is 17.9 Å². The number of carbonyl (C=O) groups excluding carboxylic acids is 3. The predicted molar refractivity (Wildman–Crippen MR) is 91.6 cm³/mol. The van der Waals surface area contributed by atoms with Gasteiger partial charge in [0, 0.05) is 19.4 Å². The molecule has 0 radical (unpaired) electrons. The Labute approximate surface area is 153 Å². The van der Waals surface area contributed by atoms with Gasteiger partial charge in [-0.2, -0.15) is 5.06 Å². The average Bonchev–Trinajstić information content (AvgIpc) is 3.14. The van der Waals surface area contributed by atoms with Crippen LogP contribution < -0.4 is 9.64 Å². The van der Waals surface area contributed by atoms with Gasteiger partial charge in [-0.05, 0) is 28.1 Å². The number of imide groups is 1. The van der Waals surface area contributed by atoms with Crippen molar-refractivity contribution in [2.24, 2.45) is 0 Å². The first-order chi connectivity index (χ1) is 11.3. The summed E-state index contributed by atoms with van der Waals surface area (Å²) >= 11 is 5.68. The number of rotatable bonds is 4. The predicted octanol–water partition coefficient (Wildman–Crippen LogP) is 2.91. The van der Waals surface area contributed by atoms with Crippen LogP contribution in [0.2, 0.25) is 0 Å². The molecule has 2 aromatic heterocycles. The van der Waals surface area contributed by atoms with E-state index in [1.807, 2.05) is 0 Å². The Morgan fingerprint density at radius 1 is 1.38 bits per heavy atom. The number of thiazole rings is 1. The van der Waals surface area contributed by atoms with Crippen LogP contribution in [0.4, 0.5) is 9.93 Å². The minimum Gasteiger partial charge on any atom is -0.399 e. The Kier molecular flexibility index (Phi) is 6.04. The number of ether oxygens (including phenoxy) is 1. The van der Waals surface area contributed by atoms with Crippen molar-refractivity contribution in [1.29, 1.82) is 0 Å². The lowest BCUT2D eigenvalue weighted by molar-refractivity contribution is -0.176. The molecule has 0 aliphatic heterocycles. The van der Waals surface area contributed by atoms with Crippen LogP contribution in [0, 0.1) is 0 Å². The summed E-state index contributed by atoms with van der Waals surface area (Å²) in [7, 11) is 1.49. The lowest BCUT2D eigenvalue weighted by Gasteiger charge is -2.12. The van der Waals surface area contributed by atoms with Gasteiger partial charge in [-0.25, -0.2) is 9.78 Å². The van der Waals surface area contributed by atoms with Crippen molar-refractivity contribution in [3.63, 3.8) is 0 Å². The van der Waals surface area contributed by atoms with Gasteiger partial charge in [-0.15, -0.1) is 11.3 Å². The number of thiophene rings is 1. The molecule has 8 nitrogen and oxygen atoms in total. The molecule has 128 valence electrons. The highest BCUT2D eigenvalue weighted by Crippen LogP contribution is 2.29. The smallest absolute Gasteiger partial charge is 0.399 e. The number of aromatic nitrogens is 1. The molecule has 2 aromatic rings. The molecule has 0 atom stereocenters. The first-order valence-electron chi connectivity index (χ1n) is 6.45. The van der Waals surface area contributed by atoms with Crippen LogP contribution in [0.15, 0.2) is 21.3 Å². The number of carbonyl (C=O) groups is 3. The monoisotopic (exact) mass is 433 g/mol. The van der Waals surface area contributed by atoms with Crippen LogP contribution in [0.3, 0.4) is 0 Å². The first kappa shape index (κ1) is 18.5. The number of nitrogens with zero attached hydrogens (tertiary/aromatic N) is 3. The fourth-order valence-electron chi connectivity index (χ4n) is 1.52. The number of anilines is 1. The fraction of sp³-hybridized carbons (Fsp3) is 0.231. The van der Waals surface area contributed by atoms with E-state index in [-0.39, 0.29) is 11.5 Å². The van der Waals surface area contributed by atoms with E-state index in [0.29, 0.717) is 15.9 Å². The summed E-state index contributed by atoms with van der Waals surface area (Å²) in [5, 5.41) is 11.6. The highest BCUT2D eigenvalue weighted by Gasteiger charge is 2.20. The molecule has 0 aliphatic rings. The summed E-state index contributed by atoms with van der Waals surface area (Å²) < 4.78 is 6.03. The van der Waals surface area contributed by atoms with E-state index in [0.717, 1.165) is 22.0 Å². The third kappa shape index (κ3) is 4.60. The van der Waals surface area contributed by atoms with Gasteiger partial charge in [0.2, 0.25) is 5.91 Å². The highest BCUT2D eigenvalue weighted by molar-refractivity contribution is 9.11. The summed E-state index contributed by atoms with van der Waals surface area (Å²) in [6, 6.07) is 3.42. The molecule has 1 N–H and O–H groups in total. The van der Waals surface area contributed by atoms with Gasteiger partial charge in [0.25, 0.3) is 5.91 Å². The second-order valence-corrected chi connectivity index (χ2v) is 7.77. The summed E-state index contributed by atoms with van der Waals surface area (Å²) in [5.74, 6) is -1.58. The maximum atomic E-state index is 12.1. The van der Waals surface area contributed by atoms with Crippen molar-refractivity contribution in [1.82, 2.24) is 10.0 Å². The van der Waals surface area contributed by atoms with E-state index in [9.17, 15) is 19.6 Å². The van der Waals surface area contributed by atoms with Crippen molar-refractivity contribution in [3.05, 3.63) is 27.0 Å². The molecule has 11 heteroatoms. The molecule has 0 saturated carbocycles. The van der Waals surface area contributed by atoms with Crippen LogP contribution in [0.1, 0.15) is 12.6 Å². The van der Waals surface area contributed by atoms with Crippen LogP contribution in [0.5, 0.6) is 5.06 Å². The van der Waals surface area contributed by atoms with E-state index in [2.05, 4.69) is 20.9 Å². The lowest BCUT2D eigenvalue weighted by atomic mass is 10.3. The fourth-order valence-corrected chi connectivity index (χ4v) is 3.49. The Hall–Kier alpha value is -1.82. The minimum absolute atomic E-state index is 0.0334. The minimum atomic E-state index is -0.798. The molecule has 0 fully saturated rings. The lowest BCUT2D eigenvalue weighted by Crippen LogP contribution is -2.33. The molecule has 2 heterocycles. The molecule has 0 bridgehead atoms. The third-order valence-electron chi connectivity index (χ3n) is 2.70. The van der Waals surface area contributed by atoms with E-state index in [1.54, 1.807) is 17.5 Å². The van der Waals surface area contributed by atoms with Crippen molar-refractivity contribution in [3.8, 4) is 5.06 Å². The third-order valence-corrected chi connectivity index (χ3v) is 5.17. The number of hydrogen-bond donors (Lipinski definition) is 1. The Bertz CT molecular complexity index is 775. The molecule has 24 heavy (non-hydrogen) atoms. The molecule has 0 unspecified atom stereocenters. The number of hydroxylamine groups is 2. The normalized spacial score (nSPS) is 10.3. The average molecular weight is 434 g/mol. The van der Waals surface area contributed by atoms with E-state index >= 15 is 0 Å². The Balaban J connectivity index is 2.00. The van der Waals surface area contributed by atoms with Gasteiger partial charge >= 0.3 is 6.09 Å². The second kappa shape index (κ2) is 7.83. The van der Waals surface area contributed by atoms with Gasteiger partial charge in [-0.1, -0.05) is 11.3 Å². The zero-order valence-electron chi connectivity index (χ0n) is 12.6. The maximum absolute atomic E-state index is 12.1. The summed E-state index contributed by atoms with van der Waals surface area (Å²) in [6.45, 7) is 1.07. The number of halogens is 1. The van der Waals surface area contributed by atoms with Gasteiger partial charge in [0.05, 0.1) is 15.9 Å². The van der Waals surface area contributed by atoms with E-state index in [4.69, 9.17) is 4.74 Å². The second-order valence-electron chi connectivity index (χ2n) is 4.51. The van der Waals surface area contributed by atoms with Gasteiger partial charge in [-0.3, -0.25) is 19.7 Å². The molecule has 3 amide bonds. The van der Waals surface area contributed by atoms with Crippen LogP contribution >= 0.6 is 38.6 Å². The van der Waals surface area contributed by atoms with Crippen LogP contribution in [-0.2, 0) is 16.0 Å². The van der Waals surface area contributed by atoms with Crippen molar-refractivity contribution < 1.29 is 24.3 Å². The zero-order chi connectivity index (χ0) is 17.9. The molecule has 0 spiro atoms. The van der Waals surface area contributed by atoms with Gasteiger partial charge in [0.1, 0.15) is 0 Å². The van der Waals surface area contributed by atoms with Crippen molar-refractivity contribution in [2.45, 2.75) is 13.3 Å². The van der Waals surface area contributed by atoms with Gasteiger partial charge < -0.3 is 4.74 Å². The van der Waals surface area contributed by atoms with E-state index in [1.165, 1.54) is 23.3 Å². The summed E-state index contributed by atoms with van der Waals surface area (Å²) in [5.41, 5.74) is 0.332. The Morgan fingerprint density at radius 2 is 2.08 bits per heavy atom. The largest absolute Gasteiger partial charge is 0.422 e. The van der Waals surface area contributed by atoms with Crippen LogP contribution in [0.25, 0.3) is 0 Å². The summed E-state index contributed by atoms with van der Waals surface area (Å²) in [6.07, 6.45) is -0.878. The molecule has 0 aliphatic carbocycles. The standard InChI is InChI=1S/C13H12BrN3O5S2/c1-7(18)17(21)10(19)5-8-6-23-12(15-8)16(2)13(20)22-11-4-3-9(14)24-11/h3-4,6,21H,5H2,1-2H3.